The summed E-state index contributed by atoms with van der Waals surface area (Å²) >= 11 is 14.0. The molecule has 0 aliphatic heterocycles. The van der Waals surface area contributed by atoms with Crippen LogP contribution in [-0.2, 0) is 0 Å². The van der Waals surface area contributed by atoms with Gasteiger partial charge in [0, 0.05) is 9.90 Å². The maximum absolute atomic E-state index is 6.19. The van der Waals surface area contributed by atoms with Gasteiger partial charge in [-0.05, 0) is 42.6 Å². The molecule has 0 radical (unpaired) electrons. The molecule has 0 aliphatic carbocycles. The largest absolute Gasteiger partial charge is 0.309 e. The molecular formula is C13H13Cl2NS. The third-order valence-corrected chi connectivity index (χ3v) is 4.65. The van der Waals surface area contributed by atoms with E-state index in [1.807, 2.05) is 37.6 Å². The lowest BCUT2D eigenvalue weighted by atomic mass is 10.00. The van der Waals surface area contributed by atoms with Crippen molar-refractivity contribution >= 4 is 34.5 Å². The molecule has 2 aromatic rings. The van der Waals surface area contributed by atoms with Crippen LogP contribution in [0.25, 0.3) is 0 Å². The maximum atomic E-state index is 6.19. The molecule has 0 amide bonds. The van der Waals surface area contributed by atoms with E-state index in [0.717, 1.165) is 20.5 Å². The number of rotatable bonds is 3. The lowest BCUT2D eigenvalue weighted by Gasteiger charge is -2.18. The van der Waals surface area contributed by atoms with Gasteiger partial charge in [-0.25, -0.2) is 0 Å². The summed E-state index contributed by atoms with van der Waals surface area (Å²) in [6.45, 7) is 2.03. The van der Waals surface area contributed by atoms with Gasteiger partial charge in [-0.15, -0.1) is 11.3 Å². The molecule has 1 atom stereocenters. The fourth-order valence-corrected chi connectivity index (χ4v) is 3.35. The normalized spacial score (nSPS) is 12.7. The lowest BCUT2D eigenvalue weighted by molar-refractivity contribution is 0.699. The zero-order valence-electron chi connectivity index (χ0n) is 9.63. The zero-order valence-corrected chi connectivity index (χ0v) is 12.0. The van der Waals surface area contributed by atoms with Gasteiger partial charge in [-0.1, -0.05) is 35.3 Å². The molecule has 1 nitrogen and oxygen atoms in total. The van der Waals surface area contributed by atoms with Crippen LogP contribution in [0.1, 0.15) is 22.0 Å². The van der Waals surface area contributed by atoms with E-state index in [4.69, 9.17) is 23.2 Å². The molecule has 4 heteroatoms. The van der Waals surface area contributed by atoms with Crippen LogP contribution < -0.4 is 5.32 Å². The highest BCUT2D eigenvalue weighted by molar-refractivity contribution is 7.10. The average Bonchev–Trinajstić information content (AvgIpc) is 2.72. The van der Waals surface area contributed by atoms with Crippen LogP contribution in [0.4, 0.5) is 0 Å². The van der Waals surface area contributed by atoms with Gasteiger partial charge in [-0.2, -0.15) is 0 Å². The molecule has 0 spiro atoms. The number of hydrogen-bond donors (Lipinski definition) is 1. The van der Waals surface area contributed by atoms with Crippen molar-refractivity contribution in [3.05, 3.63) is 55.7 Å². The van der Waals surface area contributed by atoms with Gasteiger partial charge in [0.2, 0.25) is 0 Å². The summed E-state index contributed by atoms with van der Waals surface area (Å²) in [6.07, 6.45) is 0. The monoisotopic (exact) mass is 285 g/mol. The highest BCUT2D eigenvalue weighted by atomic mass is 35.5. The first kappa shape index (κ1) is 12.9. The van der Waals surface area contributed by atoms with Crippen LogP contribution in [0.2, 0.25) is 10.0 Å². The van der Waals surface area contributed by atoms with Crippen molar-refractivity contribution in [2.75, 3.05) is 7.05 Å². The summed E-state index contributed by atoms with van der Waals surface area (Å²) in [5.74, 6) is 0. The quantitative estimate of drug-likeness (QED) is 0.864. The minimum absolute atomic E-state index is 0.0983. The Balaban J connectivity index is 2.50. The number of nitrogens with one attached hydrogen (secondary N) is 1. The molecule has 0 bridgehead atoms. The van der Waals surface area contributed by atoms with Crippen molar-refractivity contribution in [2.24, 2.45) is 0 Å². The molecule has 1 unspecified atom stereocenters. The van der Waals surface area contributed by atoms with Crippen molar-refractivity contribution in [2.45, 2.75) is 13.0 Å². The second-order valence-electron chi connectivity index (χ2n) is 3.81. The predicted octanol–water partition coefficient (Wildman–Crippen LogP) is 4.67. The lowest BCUT2D eigenvalue weighted by Crippen LogP contribution is -2.18. The topological polar surface area (TPSA) is 12.0 Å². The van der Waals surface area contributed by atoms with Gasteiger partial charge < -0.3 is 5.32 Å². The standard InChI is InChI=1S/C13H13Cl2NS/c1-8-9(4-3-5-10(8)14)12(16-2)13-11(15)6-7-17-13/h3-7,12,16H,1-2H3. The summed E-state index contributed by atoms with van der Waals surface area (Å²) in [4.78, 5) is 1.12. The van der Waals surface area contributed by atoms with Crippen molar-refractivity contribution < 1.29 is 0 Å². The Morgan fingerprint density at radius 1 is 1.18 bits per heavy atom. The summed E-state index contributed by atoms with van der Waals surface area (Å²) in [7, 11) is 1.93. The highest BCUT2D eigenvalue weighted by Gasteiger charge is 2.18. The van der Waals surface area contributed by atoms with E-state index < -0.39 is 0 Å². The Morgan fingerprint density at radius 2 is 1.94 bits per heavy atom. The van der Waals surface area contributed by atoms with Gasteiger partial charge in [-0.3, -0.25) is 0 Å². The summed E-state index contributed by atoms with van der Waals surface area (Å²) < 4.78 is 0. The molecule has 1 heterocycles. The predicted molar refractivity (Wildman–Crippen MR) is 76.4 cm³/mol. The van der Waals surface area contributed by atoms with E-state index >= 15 is 0 Å². The number of thiophene rings is 1. The molecule has 1 aromatic carbocycles. The Kier molecular flexibility index (Phi) is 4.10. The van der Waals surface area contributed by atoms with Crippen LogP contribution in [0.15, 0.2) is 29.6 Å². The molecule has 90 valence electrons. The van der Waals surface area contributed by atoms with Gasteiger partial charge in [0.1, 0.15) is 0 Å². The SMILES string of the molecule is CNC(c1cccc(Cl)c1C)c1sccc1Cl. The van der Waals surface area contributed by atoms with Crippen LogP contribution >= 0.6 is 34.5 Å². The van der Waals surface area contributed by atoms with E-state index in [2.05, 4.69) is 11.4 Å². The molecule has 17 heavy (non-hydrogen) atoms. The Morgan fingerprint density at radius 3 is 2.53 bits per heavy atom. The maximum Gasteiger partial charge on any atom is 0.0686 e. The summed E-state index contributed by atoms with van der Waals surface area (Å²) in [6, 6.07) is 7.98. The van der Waals surface area contributed by atoms with E-state index in [1.54, 1.807) is 11.3 Å². The van der Waals surface area contributed by atoms with Crippen LogP contribution in [0, 0.1) is 6.92 Å². The van der Waals surface area contributed by atoms with E-state index in [9.17, 15) is 0 Å². The average molecular weight is 286 g/mol. The molecule has 0 saturated heterocycles. The van der Waals surface area contributed by atoms with Gasteiger partial charge in [0.15, 0.2) is 0 Å². The first-order valence-electron chi connectivity index (χ1n) is 5.30. The van der Waals surface area contributed by atoms with Crippen molar-refractivity contribution in [3.63, 3.8) is 0 Å². The molecular weight excluding hydrogens is 273 g/mol. The Labute approximate surface area is 115 Å². The highest BCUT2D eigenvalue weighted by Crippen LogP contribution is 2.35. The fourth-order valence-electron chi connectivity index (χ4n) is 1.88. The second kappa shape index (κ2) is 5.40. The van der Waals surface area contributed by atoms with E-state index in [0.29, 0.717) is 0 Å². The third-order valence-electron chi connectivity index (χ3n) is 2.82. The fraction of sp³-hybridized carbons (Fsp3) is 0.231. The van der Waals surface area contributed by atoms with Crippen molar-refractivity contribution in [3.8, 4) is 0 Å². The number of halogens is 2. The minimum Gasteiger partial charge on any atom is -0.309 e. The molecule has 1 N–H and O–H groups in total. The summed E-state index contributed by atoms with van der Waals surface area (Å²) in [5.41, 5.74) is 2.27. The third kappa shape index (κ3) is 2.50. The molecule has 0 saturated carbocycles. The minimum atomic E-state index is 0.0983. The van der Waals surface area contributed by atoms with Crippen LogP contribution in [0.5, 0.6) is 0 Å². The van der Waals surface area contributed by atoms with Gasteiger partial charge >= 0.3 is 0 Å². The van der Waals surface area contributed by atoms with Gasteiger partial charge in [0.05, 0.1) is 11.1 Å². The molecule has 2 rings (SSSR count). The summed E-state index contributed by atoms with van der Waals surface area (Å²) in [5, 5.41) is 6.89. The molecule has 0 aliphatic rings. The van der Waals surface area contributed by atoms with E-state index in [1.165, 1.54) is 5.56 Å². The van der Waals surface area contributed by atoms with Gasteiger partial charge in [0.25, 0.3) is 0 Å². The first-order valence-corrected chi connectivity index (χ1v) is 6.94. The van der Waals surface area contributed by atoms with Crippen molar-refractivity contribution in [1.29, 1.82) is 0 Å². The Hall–Kier alpha value is -0.540. The number of hydrogen-bond acceptors (Lipinski definition) is 2. The van der Waals surface area contributed by atoms with E-state index in [-0.39, 0.29) is 6.04 Å². The second-order valence-corrected chi connectivity index (χ2v) is 5.57. The van der Waals surface area contributed by atoms with Crippen LogP contribution in [-0.4, -0.2) is 7.05 Å². The molecule has 1 aromatic heterocycles. The van der Waals surface area contributed by atoms with Crippen molar-refractivity contribution in [1.82, 2.24) is 5.32 Å². The molecule has 0 fully saturated rings. The zero-order chi connectivity index (χ0) is 12.4. The Bertz CT molecular complexity index is 522. The first-order chi connectivity index (χ1) is 8.15. The van der Waals surface area contributed by atoms with Crippen LogP contribution in [0.3, 0.4) is 0 Å². The smallest absolute Gasteiger partial charge is 0.0686 e. The number of benzene rings is 1.